The van der Waals surface area contributed by atoms with Crippen molar-refractivity contribution >= 4 is 23.3 Å². The second kappa shape index (κ2) is 3.06. The van der Waals surface area contributed by atoms with Gasteiger partial charge in [0, 0.05) is 6.42 Å². The standard InChI is InChI=1S/C6H7N5O/c1-2-3-9-4(5(7)12)6(10-3)11-8/h2H2,1H3,(H2,7,12). The first-order valence-corrected chi connectivity index (χ1v) is 3.37. The number of amidine groups is 2. The number of nitrogens with zero attached hydrogens (tertiary/aromatic N) is 4. The molecule has 1 rings (SSSR count). The number of carbonyl (C=O) groups excluding carboxylic acids is 1. The third kappa shape index (κ3) is 1.28. The van der Waals surface area contributed by atoms with Crippen LogP contribution in [-0.4, -0.2) is 28.1 Å². The van der Waals surface area contributed by atoms with Gasteiger partial charge in [-0.1, -0.05) is 6.92 Å². The van der Waals surface area contributed by atoms with E-state index < -0.39 is 5.91 Å². The molecule has 0 fully saturated rings. The molecule has 1 amide bonds. The van der Waals surface area contributed by atoms with Crippen LogP contribution in [0.5, 0.6) is 0 Å². The van der Waals surface area contributed by atoms with E-state index in [-0.39, 0.29) is 11.5 Å². The van der Waals surface area contributed by atoms with Gasteiger partial charge >= 0.3 is 5.84 Å². The second-order valence-electron chi connectivity index (χ2n) is 2.13. The van der Waals surface area contributed by atoms with Gasteiger partial charge in [-0.2, -0.15) is 4.99 Å². The highest BCUT2D eigenvalue weighted by atomic mass is 16.1. The summed E-state index contributed by atoms with van der Waals surface area (Å²) in [5.74, 6) is -0.411. The highest BCUT2D eigenvalue weighted by molar-refractivity contribution is 6.68. The molecule has 6 heteroatoms. The molecule has 0 aromatic rings. The molecule has 2 N–H and O–H groups in total. The van der Waals surface area contributed by atoms with Gasteiger partial charge in [0.2, 0.25) is 11.5 Å². The fourth-order valence-corrected chi connectivity index (χ4v) is 0.772. The van der Waals surface area contributed by atoms with Crippen molar-refractivity contribution in [2.24, 2.45) is 15.7 Å². The van der Waals surface area contributed by atoms with E-state index in [1.807, 2.05) is 6.92 Å². The first-order valence-electron chi connectivity index (χ1n) is 3.37. The Hall–Kier alpha value is -1.81. The molecule has 0 unspecified atom stereocenters. The van der Waals surface area contributed by atoms with Gasteiger partial charge in [0.05, 0.1) is 0 Å². The molecule has 1 aliphatic heterocycles. The van der Waals surface area contributed by atoms with Crippen molar-refractivity contribution in [1.29, 1.82) is 0 Å². The van der Waals surface area contributed by atoms with Crippen molar-refractivity contribution in [2.45, 2.75) is 13.3 Å². The van der Waals surface area contributed by atoms with Crippen LogP contribution in [0.2, 0.25) is 0 Å². The summed E-state index contributed by atoms with van der Waals surface area (Å²) in [4.78, 5) is 20.9. The molecule has 0 atom stereocenters. The van der Waals surface area contributed by atoms with E-state index in [4.69, 9.17) is 11.3 Å². The lowest BCUT2D eigenvalue weighted by Crippen LogP contribution is -2.28. The Labute approximate surface area is 68.4 Å². The molecule has 12 heavy (non-hydrogen) atoms. The van der Waals surface area contributed by atoms with Crippen LogP contribution in [-0.2, 0) is 4.79 Å². The molecule has 0 saturated heterocycles. The summed E-state index contributed by atoms with van der Waals surface area (Å²) in [6.45, 7) is 1.82. The van der Waals surface area contributed by atoms with E-state index >= 15 is 0 Å². The van der Waals surface area contributed by atoms with E-state index in [1.54, 1.807) is 0 Å². The maximum atomic E-state index is 10.7. The minimum Gasteiger partial charge on any atom is -0.497 e. The lowest BCUT2D eigenvalue weighted by atomic mass is 10.3. The number of hydrogen-bond acceptors (Lipinski definition) is 2. The first kappa shape index (κ1) is 8.29. The molecular weight excluding hydrogens is 158 g/mol. The maximum Gasteiger partial charge on any atom is 0.434 e. The molecule has 1 heterocycles. The Morgan fingerprint density at radius 2 is 2.33 bits per heavy atom. The molecule has 0 aliphatic carbocycles. The van der Waals surface area contributed by atoms with Gasteiger partial charge in [-0.05, 0) is 4.99 Å². The van der Waals surface area contributed by atoms with Gasteiger partial charge in [-0.25, -0.2) is 0 Å². The third-order valence-electron chi connectivity index (χ3n) is 1.33. The summed E-state index contributed by atoms with van der Waals surface area (Å²) < 4.78 is 0. The van der Waals surface area contributed by atoms with Crippen molar-refractivity contribution in [2.75, 3.05) is 0 Å². The summed E-state index contributed by atoms with van der Waals surface area (Å²) in [7, 11) is 0. The predicted molar refractivity (Wildman–Crippen MR) is 43.0 cm³/mol. The van der Waals surface area contributed by atoms with E-state index in [0.717, 1.165) is 0 Å². The quantitative estimate of drug-likeness (QED) is 0.426. The Bertz CT molecular complexity index is 334. The molecule has 0 aromatic heterocycles. The number of nitrogens with two attached hydrogens (primary N) is 1. The number of amides is 1. The summed E-state index contributed by atoms with van der Waals surface area (Å²) in [5, 5.41) is 0. The Balaban J connectivity index is 3.08. The highest BCUT2D eigenvalue weighted by Gasteiger charge is 2.30. The maximum absolute atomic E-state index is 10.7. The van der Waals surface area contributed by atoms with Crippen LogP contribution in [0.25, 0.3) is 5.53 Å². The van der Waals surface area contributed by atoms with Crippen molar-refractivity contribution in [1.82, 2.24) is 0 Å². The van der Waals surface area contributed by atoms with Crippen LogP contribution in [0.1, 0.15) is 13.3 Å². The van der Waals surface area contributed by atoms with Crippen molar-refractivity contribution in [3.8, 4) is 0 Å². The predicted octanol–water partition coefficient (Wildman–Crippen LogP) is -0.637. The van der Waals surface area contributed by atoms with Crippen LogP contribution in [0.4, 0.5) is 0 Å². The highest BCUT2D eigenvalue weighted by Crippen LogP contribution is 2.00. The summed E-state index contributed by atoms with van der Waals surface area (Å²) >= 11 is 0. The average Bonchev–Trinajstić information content (AvgIpc) is 2.47. The largest absolute Gasteiger partial charge is 0.497 e. The van der Waals surface area contributed by atoms with E-state index in [1.165, 1.54) is 0 Å². The minimum absolute atomic E-state index is 0.0886. The normalized spacial score (nSPS) is 15.2. The fourth-order valence-electron chi connectivity index (χ4n) is 0.772. The number of carbonyl (C=O) groups is 1. The van der Waals surface area contributed by atoms with Crippen LogP contribution in [0.15, 0.2) is 9.98 Å². The second-order valence-corrected chi connectivity index (χ2v) is 2.13. The zero-order valence-electron chi connectivity index (χ0n) is 6.48. The lowest BCUT2D eigenvalue weighted by Gasteiger charge is -1.82. The van der Waals surface area contributed by atoms with Gasteiger partial charge in [0.1, 0.15) is 0 Å². The Kier molecular flexibility index (Phi) is 2.11. The van der Waals surface area contributed by atoms with Crippen LogP contribution < -0.4 is 5.73 Å². The molecule has 0 radical (unpaired) electrons. The minimum atomic E-state index is -0.741. The molecule has 0 saturated carbocycles. The Morgan fingerprint density at radius 1 is 1.67 bits per heavy atom. The lowest BCUT2D eigenvalue weighted by molar-refractivity contribution is -0.111. The van der Waals surface area contributed by atoms with Crippen molar-refractivity contribution in [3.05, 3.63) is 5.53 Å². The third-order valence-corrected chi connectivity index (χ3v) is 1.33. The Morgan fingerprint density at radius 3 is 2.67 bits per heavy atom. The summed E-state index contributed by atoms with van der Waals surface area (Å²) in [6, 6.07) is 0. The smallest absolute Gasteiger partial charge is 0.434 e. The fraction of sp³-hybridized carbons (Fsp3) is 0.333. The van der Waals surface area contributed by atoms with Gasteiger partial charge in [0.15, 0.2) is 0 Å². The molecule has 0 bridgehead atoms. The molecule has 1 aliphatic rings. The zero-order valence-corrected chi connectivity index (χ0v) is 6.48. The number of primary amides is 1. The van der Waals surface area contributed by atoms with E-state index in [2.05, 4.69) is 14.8 Å². The monoisotopic (exact) mass is 165 g/mol. The zero-order chi connectivity index (χ0) is 9.14. The van der Waals surface area contributed by atoms with E-state index in [9.17, 15) is 4.79 Å². The van der Waals surface area contributed by atoms with Crippen LogP contribution in [0.3, 0.4) is 0 Å². The number of aliphatic imine (C=N–C) groups is 2. The summed E-state index contributed by atoms with van der Waals surface area (Å²) in [6.07, 6.45) is 0.565. The molecule has 0 spiro atoms. The molecule has 0 aromatic carbocycles. The molecule has 62 valence electrons. The van der Waals surface area contributed by atoms with Crippen molar-refractivity contribution < 1.29 is 9.58 Å². The molecule has 6 nitrogen and oxygen atoms in total. The first-order chi connectivity index (χ1) is 5.69. The van der Waals surface area contributed by atoms with E-state index in [0.29, 0.717) is 12.3 Å². The van der Waals surface area contributed by atoms with Crippen LogP contribution >= 0.6 is 0 Å². The molecular formula is C6H7N5O. The van der Waals surface area contributed by atoms with Gasteiger partial charge in [-0.15, -0.1) is 0 Å². The topological polar surface area (TPSA) is 104 Å². The van der Waals surface area contributed by atoms with Crippen LogP contribution in [0, 0.1) is 0 Å². The SMILES string of the molecule is CCC1=NC(=[N+]=[N-])C(C(N)=O)=N1. The average molecular weight is 165 g/mol. The van der Waals surface area contributed by atoms with Gasteiger partial charge < -0.3 is 16.1 Å². The number of rotatable bonds is 2. The number of hydrogen-bond donors (Lipinski definition) is 1. The summed E-state index contributed by atoms with van der Waals surface area (Å²) in [5.41, 5.74) is 13.2. The van der Waals surface area contributed by atoms with Gasteiger partial charge in [0.25, 0.3) is 5.91 Å². The van der Waals surface area contributed by atoms with Gasteiger partial charge in [-0.3, -0.25) is 4.79 Å². The van der Waals surface area contributed by atoms with Crippen molar-refractivity contribution in [3.63, 3.8) is 0 Å².